The molecule has 2 saturated heterocycles. The van der Waals surface area contributed by atoms with E-state index >= 15 is 4.79 Å². The predicted molar refractivity (Wildman–Crippen MR) is 499 cm³/mol. The molecule has 1 spiro atoms. The number of aliphatic hydroxyl groups excluding tert-OH is 1. The van der Waals surface area contributed by atoms with Crippen molar-refractivity contribution in [1.29, 1.82) is 0 Å². The number of rotatable bonds is 51. The average Bonchev–Trinajstić information content (AvgIpc) is 1.48. The predicted octanol–water partition coefficient (Wildman–Crippen LogP) is 5.15. The van der Waals surface area contributed by atoms with Gasteiger partial charge in [0, 0.05) is 152 Å². The normalized spacial score (nSPS) is 23.7. The Morgan fingerprint density at radius 2 is 1.37 bits per heavy atom. The zero-order chi connectivity index (χ0) is 98.8. The summed E-state index contributed by atoms with van der Waals surface area (Å²) in [6.45, 7) is 8.32. The fraction of sp³-hybridized carbons (Fsp3) is 0.552. The van der Waals surface area contributed by atoms with Crippen LogP contribution in [-0.4, -0.2) is 285 Å². The molecular formula is C96H126N12O26S2. The fourth-order valence-corrected chi connectivity index (χ4v) is 23.1. The van der Waals surface area contributed by atoms with E-state index in [0.717, 1.165) is 74.5 Å². The van der Waals surface area contributed by atoms with Crippen LogP contribution in [0.25, 0.3) is 10.9 Å². The third-order valence-electron chi connectivity index (χ3n) is 27.4. The number of fused-ring (bicyclic) bond motifs is 6. The number of ether oxygens (including phenoxy) is 3. The van der Waals surface area contributed by atoms with Crippen molar-refractivity contribution in [1.82, 2.24) is 52.0 Å². The van der Waals surface area contributed by atoms with E-state index in [4.69, 9.17) is 29.9 Å². The molecule has 6 heterocycles. The molecule has 17 atom stereocenters. The van der Waals surface area contributed by atoms with Gasteiger partial charge in [0.2, 0.25) is 23.6 Å². The zero-order valence-electron chi connectivity index (χ0n) is 77.1. The van der Waals surface area contributed by atoms with Crippen molar-refractivity contribution in [2.24, 2.45) is 28.9 Å². The third kappa shape index (κ3) is 26.0. The first kappa shape index (κ1) is 106. The summed E-state index contributed by atoms with van der Waals surface area (Å²) in [5, 5.41) is 96.2. The number of piperidine rings is 1. The number of carbonyl (C=O) groups excluding carboxylic acids is 12. The standard InChI is InChI=1S/C95H126N12O24S2.CO2/c1-6-92(127)50-59-49-91(3,81-63(33-38-106(53-59)55-92)62-26-18-19-27-67(62)101-81)65-46-64-71(48-74(65)129-5)105(4)87-94(64)35-39-107-37-21-34-93(7-2,86(94)107)88(124)95(87,128)75(111)52-99-90(126)130-40-41-132-133-54-61(84(120)121)45-73(110)70(47-80(116)117)102-83(119)66(96)51-98-82(118)60(42-57-22-13-11-14-23-57)44-72(109)69(43-58-24-15-12-16-25-58)100-77(113)28-17-9-8-10-20-36-97-76(112)30-29-68(85(122)123)103-89(125)104-78(131-56-108)31-32-79(114)115;2-1-3/h11-16,18-19,21-27,34,46,48,56,59-61,66,68-70,78,86-88,101,124,127-128H,6-10,17,20,28-33,35-45,47,49-55,96H2,1-5H3,(H,97,112)(H,98,118)(H,99,126)(H,100,113)(H,102,119)(H,114,115)(H,116,117)(H,120,121)(H,122,123)(H2,103,104,125);/t59?,60-,61+,66+,68+,69+,70+,78-,86+,87?,88-,91-,92+,93-,94-,95+;/m1./s1. The molecule has 2 bridgehead atoms. The highest BCUT2D eigenvalue weighted by Gasteiger charge is 2.78. The van der Waals surface area contributed by atoms with Crippen LogP contribution in [-0.2, 0) is 107 Å². The summed E-state index contributed by atoms with van der Waals surface area (Å²) in [6, 6.07) is 21.8. The van der Waals surface area contributed by atoms with Gasteiger partial charge < -0.3 is 103 Å². The molecule has 5 aromatic rings. The fourth-order valence-electron chi connectivity index (χ4n) is 21.0. The number of aromatic nitrogens is 1. The maximum atomic E-state index is 15.4. The second-order valence-corrected chi connectivity index (χ2v) is 38.9. The molecule has 4 aromatic carbocycles. The number of anilines is 1. The van der Waals surface area contributed by atoms with E-state index in [9.17, 15) is 93.0 Å². The highest BCUT2D eigenvalue weighted by Crippen LogP contribution is 2.68. The van der Waals surface area contributed by atoms with Crippen LogP contribution in [0.3, 0.4) is 0 Å². The van der Waals surface area contributed by atoms with Crippen LogP contribution in [0.4, 0.5) is 15.3 Å². The second-order valence-electron chi connectivity index (χ2n) is 36.3. The lowest BCUT2D eigenvalue weighted by Crippen LogP contribution is -2.81. The summed E-state index contributed by atoms with van der Waals surface area (Å²) < 4.78 is 16.6. The Labute approximate surface area is 795 Å². The van der Waals surface area contributed by atoms with Gasteiger partial charge in [-0.25, -0.2) is 14.4 Å². The van der Waals surface area contributed by atoms with Crippen LogP contribution >= 0.6 is 21.6 Å². The number of ketones is 3. The van der Waals surface area contributed by atoms with Gasteiger partial charge in [0.25, 0.3) is 6.47 Å². The number of nitrogens with one attached hydrogen (secondary N) is 8. The van der Waals surface area contributed by atoms with Gasteiger partial charge in [-0.05, 0) is 124 Å². The summed E-state index contributed by atoms with van der Waals surface area (Å²) in [7, 11) is 5.58. The molecule has 1 aliphatic carbocycles. The number of benzene rings is 4. The Kier molecular flexibility index (Phi) is 38.3. The summed E-state index contributed by atoms with van der Waals surface area (Å²) >= 11 is 0. The first-order valence-electron chi connectivity index (χ1n) is 46.1. The van der Waals surface area contributed by atoms with Crippen molar-refractivity contribution in [3.05, 3.63) is 143 Å². The highest BCUT2D eigenvalue weighted by atomic mass is 33.1. The Balaban J connectivity index is 0.00000629. The summed E-state index contributed by atoms with van der Waals surface area (Å²) in [5.74, 6) is -12.5. The molecule has 738 valence electrons. The number of aliphatic carboxylic acids is 4. The van der Waals surface area contributed by atoms with Gasteiger partial charge in [-0.15, -0.1) is 0 Å². The van der Waals surface area contributed by atoms with Crippen molar-refractivity contribution in [2.45, 2.75) is 226 Å². The zero-order valence-corrected chi connectivity index (χ0v) is 78.7. The van der Waals surface area contributed by atoms with Crippen molar-refractivity contribution < 1.29 is 127 Å². The number of hydrogen-bond acceptors (Lipinski definition) is 28. The summed E-state index contributed by atoms with van der Waals surface area (Å²) in [4.78, 5) is 209. The van der Waals surface area contributed by atoms with Crippen LogP contribution in [0.5, 0.6) is 5.75 Å². The summed E-state index contributed by atoms with van der Waals surface area (Å²) in [6.07, 6.45) is 3.37. The Hall–Kier alpha value is -11.6. The molecule has 3 fully saturated rings. The number of H-pyrrole nitrogens is 1. The first-order chi connectivity index (χ1) is 65.0. The molecule has 7 amide bonds. The molecule has 6 aliphatic rings. The largest absolute Gasteiger partial charge is 0.496 e. The number of carboxylic acids is 4. The molecule has 1 saturated carbocycles. The monoisotopic (exact) mass is 1930 g/mol. The lowest BCUT2D eigenvalue weighted by molar-refractivity contribution is -0.201. The van der Waals surface area contributed by atoms with E-state index in [0.29, 0.717) is 101 Å². The smallest absolute Gasteiger partial charge is 0.407 e. The molecule has 5 aliphatic heterocycles. The van der Waals surface area contributed by atoms with Crippen LogP contribution in [0.2, 0.25) is 0 Å². The third-order valence-corrected chi connectivity index (χ3v) is 29.9. The van der Waals surface area contributed by atoms with E-state index in [1.54, 1.807) is 67.8 Å². The van der Waals surface area contributed by atoms with Crippen molar-refractivity contribution in [2.75, 3.05) is 89.5 Å². The molecular weight excluding hydrogens is 1800 g/mol. The van der Waals surface area contributed by atoms with Crippen LogP contribution < -0.4 is 52.6 Å². The Bertz CT molecular complexity index is 5160. The first-order valence-corrected chi connectivity index (χ1v) is 48.5. The SMILES string of the molecule is CC[C@]1(O)CC2CN(CCc3c([nH]c4ccccc34)[C@@](C)(c3cc4c(cc3OC)N(C)C3[C@]45CCN4CC=C[C@@](CC)([C@@H](O)[C@]3(O)C(=O)CNC(=O)OCCSSC[C@H](CC(=O)[C@H](CC(=O)O)NC(=O)[C@@H](N)CNC(=O)[C@@H](CC(=O)[C@H](Cc3ccccc3)NC(=O)CCCCCCCNC(=O)CC[C@H](NC(=O)N[C@@H](CCC(=O)O)OC=O)C(=O)O)Cc3ccccc3)C(=O)O)[C@H]45)C2)C1.O=C=O. The van der Waals surface area contributed by atoms with E-state index in [2.05, 4.69) is 87.9 Å². The van der Waals surface area contributed by atoms with Gasteiger partial charge in [0.1, 0.15) is 30.5 Å². The molecule has 11 rings (SSSR count). The molecule has 0 radical (unpaired) electrons. The number of para-hydroxylation sites is 1. The number of nitrogens with zero attached hydrogens (tertiary/aromatic N) is 3. The van der Waals surface area contributed by atoms with Crippen LogP contribution in [0.15, 0.2) is 109 Å². The number of Topliss-reactive ketones (excluding diaryl/α,β-unsaturated/α-hetero) is 3. The van der Waals surface area contributed by atoms with E-state index in [-0.39, 0.29) is 94.2 Å². The molecule has 1 aromatic heterocycles. The summed E-state index contributed by atoms with van der Waals surface area (Å²) in [5.41, 5.74) is 7.32. The quantitative estimate of drug-likeness (QED) is 0.00787. The number of methoxy groups -OCH3 is 1. The molecule has 17 N–H and O–H groups in total. The van der Waals surface area contributed by atoms with Crippen molar-refractivity contribution >= 4 is 128 Å². The molecule has 3 unspecified atom stereocenters. The van der Waals surface area contributed by atoms with Gasteiger partial charge in [0.05, 0.1) is 56.1 Å². The second kappa shape index (κ2) is 48.9. The van der Waals surface area contributed by atoms with Crippen molar-refractivity contribution in [3.8, 4) is 5.75 Å². The van der Waals surface area contributed by atoms with E-state index in [1.807, 2.05) is 50.1 Å². The maximum Gasteiger partial charge on any atom is 0.407 e. The number of aromatic amines is 1. The number of aliphatic hydroxyl groups is 3. The minimum absolute atomic E-state index is 0.00135. The van der Waals surface area contributed by atoms with Crippen molar-refractivity contribution in [3.63, 3.8) is 0 Å². The number of amides is 7. The number of likely N-dealkylation sites (N-methyl/N-ethyl adjacent to an activating group) is 1. The van der Waals surface area contributed by atoms with E-state index < -0.39 is 191 Å². The minimum atomic E-state index is -2.49. The lowest BCUT2D eigenvalue weighted by Gasteiger charge is -2.63. The molecule has 38 nitrogen and oxygen atoms in total. The number of unbranched alkanes of at least 4 members (excludes halogenated alkanes) is 4. The van der Waals surface area contributed by atoms with Gasteiger partial charge in [-0.1, -0.05) is 146 Å². The maximum absolute atomic E-state index is 15.4. The number of nitrogens with two attached hydrogens (primary N) is 1. The Morgan fingerprint density at radius 1 is 0.691 bits per heavy atom. The topological polar surface area (TPSA) is 578 Å². The van der Waals surface area contributed by atoms with Gasteiger partial charge in [-0.3, -0.25) is 62.5 Å². The number of urea groups is 1. The number of carbonyl (C=O) groups is 14. The van der Waals surface area contributed by atoms with Gasteiger partial charge in [-0.2, -0.15) is 9.59 Å². The number of alkyl carbamates (subject to hydrolysis) is 1. The average molecular weight is 1930 g/mol. The number of carboxylic acid groups (broad SMARTS) is 4. The van der Waals surface area contributed by atoms with Crippen LogP contribution in [0.1, 0.15) is 170 Å². The van der Waals surface area contributed by atoms with Crippen LogP contribution in [0, 0.1) is 23.2 Å². The van der Waals surface area contributed by atoms with Gasteiger partial charge in [0.15, 0.2) is 29.2 Å². The van der Waals surface area contributed by atoms with E-state index in [1.165, 1.54) is 5.56 Å². The highest BCUT2D eigenvalue weighted by molar-refractivity contribution is 8.76. The molecule has 40 heteroatoms. The number of hydrogen-bond donors (Lipinski definition) is 16. The lowest BCUT2D eigenvalue weighted by atomic mass is 9.47. The van der Waals surface area contributed by atoms with Gasteiger partial charge >= 0.3 is 42.2 Å². The minimum Gasteiger partial charge on any atom is -0.496 e. The Morgan fingerprint density at radius 3 is 2.04 bits per heavy atom. The molecule has 136 heavy (non-hydrogen) atoms.